The van der Waals surface area contributed by atoms with Gasteiger partial charge in [-0.3, -0.25) is 0 Å². The van der Waals surface area contributed by atoms with E-state index in [0.717, 1.165) is 19.2 Å². The minimum absolute atomic E-state index is 0. The molecule has 0 aliphatic heterocycles. The molecule has 0 aromatic carbocycles. The van der Waals surface area contributed by atoms with E-state index in [1.54, 1.807) is 7.11 Å². The fourth-order valence-corrected chi connectivity index (χ4v) is 1.92. The quantitative estimate of drug-likeness (QED) is 0.0216. The van der Waals surface area contributed by atoms with Crippen LogP contribution in [0, 0.1) is 0 Å². The fourth-order valence-electron chi connectivity index (χ4n) is 1.92. The molecule has 0 radical (unpaired) electrons. The van der Waals surface area contributed by atoms with E-state index in [0.29, 0.717) is 72.1 Å². The summed E-state index contributed by atoms with van der Waals surface area (Å²) in [5.74, 6) is -0.435. The normalized spacial score (nSPS) is 11.1. The maximum Gasteiger partial charge on any atom is 0.330 e. The van der Waals surface area contributed by atoms with Crippen LogP contribution in [0.25, 0.3) is 0 Å². The van der Waals surface area contributed by atoms with Crippen molar-refractivity contribution in [3.05, 3.63) is 12.7 Å². The number of hydrogen-bond acceptors (Lipinski definition) is 15. The van der Waals surface area contributed by atoms with Gasteiger partial charge in [0, 0.05) is 65.3 Å². The third-order valence-corrected chi connectivity index (χ3v) is 3.64. The summed E-state index contributed by atoms with van der Waals surface area (Å²) < 4.78 is 19.8. The first kappa shape index (κ1) is 51.4. The summed E-state index contributed by atoms with van der Waals surface area (Å²) in [5, 5.41) is 24.5. The molecular weight excluding hydrogens is 532 g/mol. The number of aliphatic hydroxyl groups excluding tert-OH is 2. The van der Waals surface area contributed by atoms with E-state index >= 15 is 0 Å². The van der Waals surface area contributed by atoms with E-state index in [9.17, 15) is 4.79 Å². The van der Waals surface area contributed by atoms with E-state index in [-0.39, 0.29) is 28.9 Å². The zero-order valence-corrected chi connectivity index (χ0v) is 22.6. The van der Waals surface area contributed by atoms with Crippen LogP contribution in [0.5, 0.6) is 0 Å². The molecule has 0 fully saturated rings. The average molecular weight is 595 g/mol. The molecule has 0 aliphatic rings. The maximum atomic E-state index is 10.6. The van der Waals surface area contributed by atoms with Crippen LogP contribution in [-0.4, -0.2) is 129 Å². The third kappa shape index (κ3) is 53.0. The molecule has 8 N–H and O–H groups in total. The van der Waals surface area contributed by atoms with Gasteiger partial charge in [-0.1, -0.05) is 28.9 Å². The van der Waals surface area contributed by atoms with Gasteiger partial charge >= 0.3 is 5.97 Å². The van der Waals surface area contributed by atoms with Crippen LogP contribution < -0.4 is 22.1 Å². The Kier molecular flexibility index (Phi) is 61.0. The number of esters is 1. The lowest BCUT2D eigenvalue weighted by Gasteiger charge is -2.11. The second-order valence-electron chi connectivity index (χ2n) is 6.68. The third-order valence-electron chi connectivity index (χ3n) is 3.64. The second kappa shape index (κ2) is 47.5. The van der Waals surface area contributed by atoms with Gasteiger partial charge in [-0.2, -0.15) is 0 Å². The second-order valence-corrected chi connectivity index (χ2v) is 6.68. The molecule has 0 amide bonds. The van der Waals surface area contributed by atoms with Crippen molar-refractivity contribution in [2.45, 2.75) is 47.7 Å². The van der Waals surface area contributed by atoms with Crippen molar-refractivity contribution in [1.29, 1.82) is 0 Å². The summed E-state index contributed by atoms with van der Waals surface area (Å²) in [6, 6.07) is 0. The van der Waals surface area contributed by atoms with E-state index < -0.39 is 18.5 Å². The maximum absolute atomic E-state index is 10.6. The van der Waals surface area contributed by atoms with Gasteiger partial charge in [0.2, 0.25) is 0 Å². The molecule has 40 heavy (non-hydrogen) atoms. The summed E-state index contributed by atoms with van der Waals surface area (Å²) in [6.45, 7) is 9.96. The topological polar surface area (TPSA) is 207 Å². The van der Waals surface area contributed by atoms with Crippen molar-refractivity contribution >= 4 is 5.97 Å². The van der Waals surface area contributed by atoms with Gasteiger partial charge in [-0.15, -0.1) is 0 Å². The SMILES string of the molecule is C.C.C.C=CC(=O)OCCOCCOCCOC.COOC(O)CCNCCNCCC(O)OOC.NCCN. The zero-order valence-electron chi connectivity index (χ0n) is 22.6. The fraction of sp³-hybridized carbons (Fsp3) is 0.880. The lowest BCUT2D eigenvalue weighted by molar-refractivity contribution is -0.354. The van der Waals surface area contributed by atoms with Crippen LogP contribution in [0.1, 0.15) is 35.1 Å². The number of carbonyl (C=O) groups is 1. The van der Waals surface area contributed by atoms with Gasteiger partial charge in [-0.05, 0) is 0 Å². The first-order valence-corrected chi connectivity index (χ1v) is 11.9. The van der Waals surface area contributed by atoms with E-state index in [1.165, 1.54) is 14.2 Å². The Hall–Kier alpha value is -1.31. The van der Waals surface area contributed by atoms with Crippen LogP contribution in [0.3, 0.4) is 0 Å². The summed E-state index contributed by atoms with van der Waals surface area (Å²) in [5.41, 5.74) is 9.81. The van der Waals surface area contributed by atoms with Crippen molar-refractivity contribution < 1.29 is 53.5 Å². The molecule has 0 aromatic rings. The summed E-state index contributed by atoms with van der Waals surface area (Å²) in [7, 11) is 4.32. The molecule has 0 saturated carbocycles. The summed E-state index contributed by atoms with van der Waals surface area (Å²) in [6.07, 6.45) is 0.213. The number of carbonyl (C=O) groups excluding carboxylic acids is 1. The van der Waals surface area contributed by atoms with Crippen molar-refractivity contribution in [2.75, 3.05) is 100 Å². The number of aliphatic hydroxyl groups is 2. The Bertz CT molecular complexity index is 437. The Morgan fingerprint density at radius 1 is 0.750 bits per heavy atom. The Balaban J connectivity index is -0.000000120. The predicted octanol–water partition coefficient (Wildman–Crippen LogP) is -0.0541. The molecule has 2 atom stereocenters. The van der Waals surface area contributed by atoms with Gasteiger partial charge < -0.3 is 51.3 Å². The Morgan fingerprint density at radius 3 is 1.50 bits per heavy atom. The lowest BCUT2D eigenvalue weighted by atomic mass is 10.4. The Labute approximate surface area is 242 Å². The monoisotopic (exact) mass is 594 g/mol. The summed E-state index contributed by atoms with van der Waals surface area (Å²) >= 11 is 0. The van der Waals surface area contributed by atoms with Crippen LogP contribution in [0.4, 0.5) is 0 Å². The van der Waals surface area contributed by atoms with E-state index in [4.69, 9.17) is 40.6 Å². The molecule has 2 unspecified atom stereocenters. The highest BCUT2D eigenvalue weighted by atomic mass is 17.2. The smallest absolute Gasteiger partial charge is 0.330 e. The van der Waals surface area contributed by atoms with Crippen molar-refractivity contribution in [2.24, 2.45) is 11.5 Å². The molecule has 0 spiro atoms. The molecule has 15 nitrogen and oxygen atoms in total. The lowest BCUT2D eigenvalue weighted by Crippen LogP contribution is -2.31. The highest BCUT2D eigenvalue weighted by molar-refractivity contribution is 5.81. The average Bonchev–Trinajstić information content (AvgIpc) is 2.90. The minimum Gasteiger partial charge on any atom is -0.460 e. The van der Waals surface area contributed by atoms with Crippen LogP contribution in [0.15, 0.2) is 12.7 Å². The van der Waals surface area contributed by atoms with Crippen LogP contribution >= 0.6 is 0 Å². The molecule has 248 valence electrons. The molecule has 0 aromatic heterocycles. The minimum atomic E-state index is -0.906. The Morgan fingerprint density at radius 2 is 1.15 bits per heavy atom. The van der Waals surface area contributed by atoms with Gasteiger partial charge in [0.15, 0.2) is 12.6 Å². The number of methoxy groups -OCH3 is 1. The molecule has 0 aliphatic carbocycles. The molecule has 15 heteroatoms. The molecular formula is C25H62N4O11. The molecule has 0 bridgehead atoms. The van der Waals surface area contributed by atoms with Gasteiger partial charge in [-0.25, -0.2) is 24.3 Å². The first-order chi connectivity index (χ1) is 17.9. The highest BCUT2D eigenvalue weighted by Gasteiger charge is 2.04. The van der Waals surface area contributed by atoms with E-state index in [1.807, 2.05) is 0 Å². The predicted molar refractivity (Wildman–Crippen MR) is 156 cm³/mol. The molecule has 0 heterocycles. The largest absolute Gasteiger partial charge is 0.460 e. The van der Waals surface area contributed by atoms with E-state index in [2.05, 4.69) is 36.8 Å². The van der Waals surface area contributed by atoms with Crippen molar-refractivity contribution in [3.8, 4) is 0 Å². The van der Waals surface area contributed by atoms with Gasteiger partial charge in [0.25, 0.3) is 0 Å². The summed E-state index contributed by atoms with van der Waals surface area (Å²) in [4.78, 5) is 28.2. The standard InChI is InChI=1S/C10H24N2O6.C10H18O5.C2H8N2.3CH4/c1-15-17-9(13)3-5-11-7-8-12-6-4-10(14)18-16-2;1-3-10(11)15-9-8-14-7-6-13-5-4-12-2;3-1-2-4;;;/h9-14H,3-8H2,1-2H3;3H,1,4-9H2,2H3;1-4H2;3*1H4. The number of ether oxygens (including phenoxy) is 4. The van der Waals surface area contributed by atoms with Crippen molar-refractivity contribution in [3.63, 3.8) is 0 Å². The highest BCUT2D eigenvalue weighted by Crippen LogP contribution is 1.92. The number of rotatable bonds is 24. The molecule has 0 rings (SSSR count). The van der Waals surface area contributed by atoms with Gasteiger partial charge in [0.1, 0.15) is 6.61 Å². The van der Waals surface area contributed by atoms with Gasteiger partial charge in [0.05, 0.1) is 47.3 Å². The number of nitrogens with one attached hydrogen (secondary N) is 2. The number of hydrogen-bond donors (Lipinski definition) is 6. The van der Waals surface area contributed by atoms with Crippen LogP contribution in [-0.2, 0) is 43.3 Å². The van der Waals surface area contributed by atoms with Crippen molar-refractivity contribution in [1.82, 2.24) is 10.6 Å². The first-order valence-electron chi connectivity index (χ1n) is 11.9. The molecule has 0 saturated heterocycles. The van der Waals surface area contributed by atoms with Crippen LogP contribution in [0.2, 0.25) is 0 Å². The zero-order chi connectivity index (χ0) is 28.4. The number of nitrogens with two attached hydrogens (primary N) is 2.